The van der Waals surface area contributed by atoms with Gasteiger partial charge in [0.15, 0.2) is 11.6 Å². The third kappa shape index (κ3) is 6.59. The minimum atomic E-state index is -1.19. The van der Waals surface area contributed by atoms with Crippen molar-refractivity contribution in [3.63, 3.8) is 0 Å². The van der Waals surface area contributed by atoms with Gasteiger partial charge in [0.25, 0.3) is 5.91 Å². The Hall–Kier alpha value is -2.58. The van der Waals surface area contributed by atoms with E-state index in [1.807, 2.05) is 0 Å². The molecule has 8 heteroatoms. The standard InChI is InChI=1S/C28H35F3N2O3/c1-28(2,31)18-32-14-11-19(12-15-32)17-36-22-7-5-20(6-8-22)23-9-10-24(26(30)25(23)29)27(35)33-13-3-4-21(34)16-33/h5-10,19,21,34H,3-4,11-18H2,1-2H3. The number of rotatable bonds is 7. The van der Waals surface area contributed by atoms with Crippen LogP contribution in [-0.4, -0.2) is 71.9 Å². The van der Waals surface area contributed by atoms with E-state index in [0.29, 0.717) is 49.8 Å². The number of amides is 1. The van der Waals surface area contributed by atoms with E-state index in [2.05, 4.69) is 4.90 Å². The maximum absolute atomic E-state index is 14.9. The first-order valence-corrected chi connectivity index (χ1v) is 12.7. The average Bonchev–Trinajstić information content (AvgIpc) is 2.84. The summed E-state index contributed by atoms with van der Waals surface area (Å²) in [4.78, 5) is 16.2. The van der Waals surface area contributed by atoms with Crippen molar-refractivity contribution >= 4 is 5.91 Å². The number of hydrogen-bond donors (Lipinski definition) is 1. The van der Waals surface area contributed by atoms with Crippen LogP contribution in [0, 0.1) is 17.6 Å². The number of halogens is 3. The second-order valence-electron chi connectivity index (χ2n) is 10.6. The first kappa shape index (κ1) is 26.5. The van der Waals surface area contributed by atoms with E-state index in [1.54, 1.807) is 38.1 Å². The maximum Gasteiger partial charge on any atom is 0.257 e. The summed E-state index contributed by atoms with van der Waals surface area (Å²) in [5.74, 6) is -1.83. The molecule has 0 bridgehead atoms. The van der Waals surface area contributed by atoms with Gasteiger partial charge in [0.1, 0.15) is 11.4 Å². The highest BCUT2D eigenvalue weighted by molar-refractivity contribution is 5.95. The Kier molecular flexibility index (Phi) is 8.25. The molecule has 0 aromatic heterocycles. The van der Waals surface area contributed by atoms with Crippen molar-refractivity contribution in [2.75, 3.05) is 39.3 Å². The van der Waals surface area contributed by atoms with E-state index in [0.717, 1.165) is 25.9 Å². The molecule has 0 saturated carbocycles. The molecular weight excluding hydrogens is 469 g/mol. The summed E-state index contributed by atoms with van der Waals surface area (Å²) in [5.41, 5.74) is -0.975. The number of nitrogens with zero attached hydrogens (tertiary/aromatic N) is 2. The predicted molar refractivity (Wildman–Crippen MR) is 133 cm³/mol. The van der Waals surface area contributed by atoms with E-state index in [1.165, 1.54) is 17.0 Å². The molecule has 2 aliphatic rings. The van der Waals surface area contributed by atoms with E-state index in [4.69, 9.17) is 4.74 Å². The van der Waals surface area contributed by atoms with Gasteiger partial charge in [-0.1, -0.05) is 18.2 Å². The van der Waals surface area contributed by atoms with Gasteiger partial charge >= 0.3 is 0 Å². The van der Waals surface area contributed by atoms with Crippen LogP contribution in [0.5, 0.6) is 5.75 Å². The Labute approximate surface area is 210 Å². The first-order valence-electron chi connectivity index (χ1n) is 12.7. The van der Waals surface area contributed by atoms with Crippen LogP contribution in [0.25, 0.3) is 11.1 Å². The predicted octanol–water partition coefficient (Wildman–Crippen LogP) is 5.07. The van der Waals surface area contributed by atoms with E-state index in [-0.39, 0.29) is 17.7 Å². The smallest absolute Gasteiger partial charge is 0.257 e. The number of ether oxygens (including phenoxy) is 1. The molecule has 2 saturated heterocycles. The third-order valence-corrected chi connectivity index (χ3v) is 6.95. The van der Waals surface area contributed by atoms with Gasteiger partial charge in [-0.25, -0.2) is 13.2 Å². The van der Waals surface area contributed by atoms with Gasteiger partial charge < -0.3 is 19.6 Å². The van der Waals surface area contributed by atoms with Crippen LogP contribution < -0.4 is 4.74 Å². The van der Waals surface area contributed by atoms with Gasteiger partial charge in [0.2, 0.25) is 0 Å². The Morgan fingerprint density at radius 2 is 1.72 bits per heavy atom. The van der Waals surface area contributed by atoms with Crippen molar-refractivity contribution in [1.29, 1.82) is 0 Å². The highest BCUT2D eigenvalue weighted by Gasteiger charge is 2.28. The second-order valence-corrected chi connectivity index (χ2v) is 10.6. The van der Waals surface area contributed by atoms with E-state index >= 15 is 0 Å². The summed E-state index contributed by atoms with van der Waals surface area (Å²) in [6.45, 7) is 6.42. The van der Waals surface area contributed by atoms with Gasteiger partial charge in [-0.15, -0.1) is 0 Å². The van der Waals surface area contributed by atoms with Crippen molar-refractivity contribution in [3.05, 3.63) is 53.6 Å². The monoisotopic (exact) mass is 504 g/mol. The molecule has 2 aromatic carbocycles. The number of benzene rings is 2. The largest absolute Gasteiger partial charge is 0.493 e. The number of likely N-dealkylation sites (tertiary alicyclic amines) is 2. The molecule has 196 valence electrons. The molecule has 0 aliphatic carbocycles. The highest BCUT2D eigenvalue weighted by Crippen LogP contribution is 2.29. The second kappa shape index (κ2) is 11.2. The molecule has 1 atom stereocenters. The lowest BCUT2D eigenvalue weighted by Crippen LogP contribution is -2.42. The SMILES string of the molecule is CC(C)(F)CN1CCC(COc2ccc(-c3ccc(C(=O)N4CCCC(O)C4)c(F)c3F)cc2)CC1. The quantitative estimate of drug-likeness (QED) is 0.572. The van der Waals surface area contributed by atoms with Gasteiger partial charge in [-0.3, -0.25) is 4.79 Å². The Morgan fingerprint density at radius 1 is 1.03 bits per heavy atom. The lowest BCUT2D eigenvalue weighted by molar-refractivity contribution is 0.0469. The van der Waals surface area contributed by atoms with Crippen LogP contribution >= 0.6 is 0 Å². The van der Waals surface area contributed by atoms with Crippen molar-refractivity contribution in [1.82, 2.24) is 9.80 Å². The number of aliphatic hydroxyl groups excluding tert-OH is 1. The molecule has 2 fully saturated rings. The minimum Gasteiger partial charge on any atom is -0.493 e. The zero-order valence-corrected chi connectivity index (χ0v) is 21.0. The summed E-state index contributed by atoms with van der Waals surface area (Å²) >= 11 is 0. The molecule has 0 spiro atoms. The van der Waals surface area contributed by atoms with Crippen molar-refractivity contribution in [2.45, 2.75) is 51.3 Å². The summed E-state index contributed by atoms with van der Waals surface area (Å²) in [6, 6.07) is 9.50. The summed E-state index contributed by atoms with van der Waals surface area (Å²) in [5, 5.41) is 9.79. The van der Waals surface area contributed by atoms with E-state index in [9.17, 15) is 23.1 Å². The van der Waals surface area contributed by atoms with Crippen LogP contribution in [0.4, 0.5) is 13.2 Å². The Balaban J connectivity index is 1.34. The van der Waals surface area contributed by atoms with Crippen LogP contribution in [-0.2, 0) is 0 Å². The highest BCUT2D eigenvalue weighted by atomic mass is 19.2. The van der Waals surface area contributed by atoms with Crippen LogP contribution in [0.2, 0.25) is 0 Å². The van der Waals surface area contributed by atoms with Gasteiger partial charge in [0.05, 0.1) is 18.3 Å². The molecule has 1 unspecified atom stereocenters. The topological polar surface area (TPSA) is 53.0 Å². The molecule has 2 aromatic rings. The fraction of sp³-hybridized carbons (Fsp3) is 0.536. The van der Waals surface area contributed by atoms with Crippen LogP contribution in [0.1, 0.15) is 49.9 Å². The normalized spacial score (nSPS) is 19.9. The van der Waals surface area contributed by atoms with Gasteiger partial charge in [0, 0.05) is 25.2 Å². The number of aliphatic hydroxyl groups is 1. The molecule has 4 rings (SSSR count). The maximum atomic E-state index is 14.9. The molecule has 36 heavy (non-hydrogen) atoms. The van der Waals surface area contributed by atoms with Crippen molar-refractivity contribution in [3.8, 4) is 16.9 Å². The summed E-state index contributed by atoms with van der Waals surface area (Å²) in [6.07, 6.45) is 2.47. The van der Waals surface area contributed by atoms with Crippen molar-refractivity contribution < 1.29 is 27.8 Å². The van der Waals surface area contributed by atoms with E-state index < -0.39 is 29.3 Å². The molecule has 1 N–H and O–H groups in total. The summed E-state index contributed by atoms with van der Waals surface area (Å²) < 4.78 is 49.5. The molecule has 0 radical (unpaired) electrons. The number of alkyl halides is 1. The first-order chi connectivity index (χ1) is 17.1. The number of carbonyl (C=O) groups excluding carboxylic acids is 1. The van der Waals surface area contributed by atoms with Crippen LogP contribution in [0.15, 0.2) is 36.4 Å². The lowest BCUT2D eigenvalue weighted by atomic mass is 9.97. The number of β-amino-alcohol motifs (C(OH)–C–C–N with tert-alkyl or cyclic N) is 1. The Bertz CT molecular complexity index is 1050. The molecule has 2 heterocycles. The third-order valence-electron chi connectivity index (χ3n) is 6.95. The molecule has 1 amide bonds. The Morgan fingerprint density at radius 3 is 2.36 bits per heavy atom. The molecule has 5 nitrogen and oxygen atoms in total. The van der Waals surface area contributed by atoms with Gasteiger partial charge in [-0.2, -0.15) is 0 Å². The molecular formula is C28H35F3N2O3. The minimum absolute atomic E-state index is 0.0671. The number of hydrogen-bond acceptors (Lipinski definition) is 4. The summed E-state index contributed by atoms with van der Waals surface area (Å²) in [7, 11) is 0. The molecule has 2 aliphatic heterocycles. The number of carbonyl (C=O) groups is 1. The van der Waals surface area contributed by atoms with Gasteiger partial charge in [-0.05, 0) is 82.3 Å². The van der Waals surface area contributed by atoms with Crippen LogP contribution in [0.3, 0.4) is 0 Å². The zero-order valence-electron chi connectivity index (χ0n) is 21.0. The fourth-order valence-electron chi connectivity index (χ4n) is 5.03. The number of piperidine rings is 2. The average molecular weight is 505 g/mol. The lowest BCUT2D eigenvalue weighted by Gasteiger charge is -2.34. The fourth-order valence-corrected chi connectivity index (χ4v) is 5.03. The zero-order chi connectivity index (χ0) is 25.9. The van der Waals surface area contributed by atoms with Crippen molar-refractivity contribution in [2.24, 2.45) is 5.92 Å².